The molecule has 0 aliphatic heterocycles. The number of para-hydroxylation sites is 2. The lowest BCUT2D eigenvalue weighted by molar-refractivity contribution is 0.484. The highest BCUT2D eigenvalue weighted by molar-refractivity contribution is 7.99. The molecule has 0 saturated heterocycles. The van der Waals surface area contributed by atoms with Crippen molar-refractivity contribution in [2.24, 2.45) is 0 Å². The summed E-state index contributed by atoms with van der Waals surface area (Å²) in [7, 11) is 0. The summed E-state index contributed by atoms with van der Waals surface area (Å²) in [6.45, 7) is 3.20. The maximum absolute atomic E-state index is 5.78. The Kier molecular flexibility index (Phi) is 3.57. The lowest BCUT2D eigenvalue weighted by Crippen LogP contribution is -2.33. The van der Waals surface area contributed by atoms with E-state index in [9.17, 15) is 0 Å². The second kappa shape index (κ2) is 5.33. The zero-order valence-corrected chi connectivity index (χ0v) is 11.4. The van der Waals surface area contributed by atoms with Crippen LogP contribution < -0.4 is 5.32 Å². The number of hydrogen-bond acceptors (Lipinski definition) is 4. The number of aromatic nitrogens is 1. The highest BCUT2D eigenvalue weighted by Gasteiger charge is 2.28. The molecule has 1 heterocycles. The number of fused-ring (bicyclic) bond motifs is 1. The minimum Gasteiger partial charge on any atom is -0.431 e. The summed E-state index contributed by atoms with van der Waals surface area (Å²) >= 11 is 1.78. The van der Waals surface area contributed by atoms with E-state index in [0.29, 0.717) is 11.3 Å². The molecule has 0 radical (unpaired) electrons. The summed E-state index contributed by atoms with van der Waals surface area (Å²) in [5.41, 5.74) is 1.84. The van der Waals surface area contributed by atoms with Crippen LogP contribution in [0, 0.1) is 0 Å². The molecule has 1 fully saturated rings. The van der Waals surface area contributed by atoms with Gasteiger partial charge in [0.25, 0.3) is 5.22 Å². The predicted molar refractivity (Wildman–Crippen MR) is 75.0 cm³/mol. The second-order valence-corrected chi connectivity index (χ2v) is 5.89. The van der Waals surface area contributed by atoms with E-state index < -0.39 is 0 Å². The van der Waals surface area contributed by atoms with Crippen LogP contribution in [-0.2, 0) is 0 Å². The quantitative estimate of drug-likeness (QED) is 0.916. The summed E-state index contributed by atoms with van der Waals surface area (Å²) in [6.07, 6.45) is 3.82. The van der Waals surface area contributed by atoms with Crippen molar-refractivity contribution in [2.45, 2.75) is 42.7 Å². The van der Waals surface area contributed by atoms with Crippen LogP contribution in [0.3, 0.4) is 0 Å². The third-order valence-electron chi connectivity index (χ3n) is 3.45. The van der Waals surface area contributed by atoms with Crippen LogP contribution in [0.25, 0.3) is 11.1 Å². The van der Waals surface area contributed by atoms with Crippen molar-refractivity contribution >= 4 is 22.9 Å². The van der Waals surface area contributed by atoms with Gasteiger partial charge in [0, 0.05) is 11.3 Å². The van der Waals surface area contributed by atoms with Crippen molar-refractivity contribution < 1.29 is 4.42 Å². The van der Waals surface area contributed by atoms with Crippen molar-refractivity contribution in [1.82, 2.24) is 10.3 Å². The lowest BCUT2D eigenvalue weighted by Gasteiger charge is -2.17. The van der Waals surface area contributed by atoms with E-state index in [1.54, 1.807) is 11.8 Å². The fourth-order valence-electron chi connectivity index (χ4n) is 2.59. The molecule has 2 aromatic rings. The van der Waals surface area contributed by atoms with E-state index in [4.69, 9.17) is 4.42 Å². The molecule has 1 aromatic heterocycles. The Morgan fingerprint density at radius 2 is 2.28 bits per heavy atom. The Hall–Kier alpha value is -1.00. The first kappa shape index (κ1) is 12.1. The summed E-state index contributed by atoms with van der Waals surface area (Å²) in [6, 6.07) is 8.56. The van der Waals surface area contributed by atoms with Gasteiger partial charge < -0.3 is 9.73 Å². The monoisotopic (exact) mass is 262 g/mol. The fourth-order valence-corrected chi connectivity index (χ4v) is 3.82. The minimum absolute atomic E-state index is 0.595. The molecule has 1 aromatic carbocycles. The highest BCUT2D eigenvalue weighted by atomic mass is 32.2. The normalized spacial score (nSPS) is 23.8. The Balaban J connectivity index is 1.75. The summed E-state index contributed by atoms with van der Waals surface area (Å²) in [5, 5.41) is 4.96. The molecule has 0 amide bonds. The van der Waals surface area contributed by atoms with Gasteiger partial charge in [-0.05, 0) is 31.5 Å². The first-order valence-corrected chi connectivity index (χ1v) is 7.50. The topological polar surface area (TPSA) is 38.1 Å². The molecular weight excluding hydrogens is 244 g/mol. The lowest BCUT2D eigenvalue weighted by atomic mass is 10.2. The molecule has 0 bridgehead atoms. The first-order valence-electron chi connectivity index (χ1n) is 6.62. The van der Waals surface area contributed by atoms with E-state index in [0.717, 1.165) is 22.9 Å². The molecule has 2 atom stereocenters. The number of nitrogens with zero attached hydrogens (tertiary/aromatic N) is 1. The summed E-state index contributed by atoms with van der Waals surface area (Å²) in [5.74, 6) is 0. The highest BCUT2D eigenvalue weighted by Crippen LogP contribution is 2.35. The Bertz CT molecular complexity index is 492. The second-order valence-electron chi connectivity index (χ2n) is 4.70. The molecule has 2 unspecified atom stereocenters. The van der Waals surface area contributed by atoms with Crippen LogP contribution in [0.1, 0.15) is 26.2 Å². The number of rotatable bonds is 4. The van der Waals surface area contributed by atoms with Crippen LogP contribution >= 0.6 is 11.8 Å². The molecule has 1 aliphatic carbocycles. The zero-order valence-electron chi connectivity index (χ0n) is 10.6. The van der Waals surface area contributed by atoms with Crippen LogP contribution in [0.5, 0.6) is 0 Å². The molecular formula is C14H18N2OS. The summed E-state index contributed by atoms with van der Waals surface area (Å²) < 4.78 is 5.78. The predicted octanol–water partition coefficient (Wildman–Crippen LogP) is 3.45. The standard InChI is InChI=1S/C14H18N2OS/c1-2-15-11-7-5-9-13(11)18-14-16-10-6-3-4-8-12(10)17-14/h3-4,6,8,11,13,15H,2,5,7,9H2,1H3. The Morgan fingerprint density at radius 3 is 3.11 bits per heavy atom. The van der Waals surface area contributed by atoms with Gasteiger partial charge in [-0.3, -0.25) is 0 Å². The van der Waals surface area contributed by atoms with Crippen molar-refractivity contribution in [1.29, 1.82) is 0 Å². The van der Waals surface area contributed by atoms with Gasteiger partial charge in [-0.2, -0.15) is 0 Å². The molecule has 1 N–H and O–H groups in total. The smallest absolute Gasteiger partial charge is 0.257 e. The first-order chi connectivity index (χ1) is 8.86. The van der Waals surface area contributed by atoms with Crippen LogP contribution in [0.4, 0.5) is 0 Å². The third-order valence-corrected chi connectivity index (χ3v) is 4.69. The number of hydrogen-bond donors (Lipinski definition) is 1. The Morgan fingerprint density at radius 1 is 1.39 bits per heavy atom. The van der Waals surface area contributed by atoms with Gasteiger partial charge in [0.2, 0.25) is 0 Å². The number of thioether (sulfide) groups is 1. The van der Waals surface area contributed by atoms with Crippen molar-refractivity contribution in [3.05, 3.63) is 24.3 Å². The van der Waals surface area contributed by atoms with Gasteiger partial charge in [-0.1, -0.05) is 37.2 Å². The van der Waals surface area contributed by atoms with Gasteiger partial charge in [0.1, 0.15) is 5.52 Å². The largest absolute Gasteiger partial charge is 0.431 e. The number of benzene rings is 1. The van der Waals surface area contributed by atoms with E-state index in [-0.39, 0.29) is 0 Å². The molecule has 4 heteroatoms. The van der Waals surface area contributed by atoms with E-state index in [2.05, 4.69) is 17.2 Å². The van der Waals surface area contributed by atoms with E-state index >= 15 is 0 Å². The molecule has 1 aliphatic rings. The SMILES string of the molecule is CCNC1CCCC1Sc1nc2ccccc2o1. The fraction of sp³-hybridized carbons (Fsp3) is 0.500. The molecule has 3 nitrogen and oxygen atoms in total. The summed E-state index contributed by atoms with van der Waals surface area (Å²) in [4.78, 5) is 4.54. The van der Waals surface area contributed by atoms with E-state index in [1.807, 2.05) is 24.3 Å². The van der Waals surface area contributed by atoms with Gasteiger partial charge in [-0.15, -0.1) is 0 Å². The van der Waals surface area contributed by atoms with Crippen molar-refractivity contribution in [3.8, 4) is 0 Å². The molecule has 18 heavy (non-hydrogen) atoms. The van der Waals surface area contributed by atoms with Gasteiger partial charge in [-0.25, -0.2) is 4.98 Å². The maximum Gasteiger partial charge on any atom is 0.257 e. The van der Waals surface area contributed by atoms with Gasteiger partial charge in [0.05, 0.1) is 0 Å². The van der Waals surface area contributed by atoms with E-state index in [1.165, 1.54) is 19.3 Å². The van der Waals surface area contributed by atoms with Crippen molar-refractivity contribution in [3.63, 3.8) is 0 Å². The maximum atomic E-state index is 5.78. The van der Waals surface area contributed by atoms with Crippen LogP contribution in [-0.4, -0.2) is 22.8 Å². The Labute approximate surface area is 111 Å². The van der Waals surface area contributed by atoms with Crippen LogP contribution in [0.2, 0.25) is 0 Å². The minimum atomic E-state index is 0.595. The average Bonchev–Trinajstić information content (AvgIpc) is 2.97. The average molecular weight is 262 g/mol. The zero-order chi connectivity index (χ0) is 12.4. The number of nitrogens with one attached hydrogen (secondary N) is 1. The van der Waals surface area contributed by atoms with Gasteiger partial charge in [0.15, 0.2) is 5.58 Å². The molecule has 1 saturated carbocycles. The molecule has 96 valence electrons. The number of oxazole rings is 1. The molecule has 0 spiro atoms. The van der Waals surface area contributed by atoms with Gasteiger partial charge >= 0.3 is 0 Å². The third kappa shape index (κ3) is 2.40. The van der Waals surface area contributed by atoms with Crippen molar-refractivity contribution in [2.75, 3.05) is 6.54 Å². The molecule has 3 rings (SSSR count). The van der Waals surface area contributed by atoms with Crippen LogP contribution in [0.15, 0.2) is 33.9 Å².